The fourth-order valence-electron chi connectivity index (χ4n) is 1.44. The molecule has 0 aromatic carbocycles. The summed E-state index contributed by atoms with van der Waals surface area (Å²) in [4.78, 5) is -0.963. The van der Waals surface area contributed by atoms with Crippen LogP contribution in [0, 0.1) is 0 Å². The van der Waals surface area contributed by atoms with Crippen LogP contribution in [0.4, 0.5) is 0 Å². The predicted octanol–water partition coefficient (Wildman–Crippen LogP) is 1.01. The molecule has 13 heavy (non-hydrogen) atoms. The van der Waals surface area contributed by atoms with E-state index in [1.54, 1.807) is 0 Å². The second-order valence-corrected chi connectivity index (χ2v) is 7.95. The minimum atomic E-state index is -3.44. The summed E-state index contributed by atoms with van der Waals surface area (Å²) in [5.74, 6) is 0.0778. The molecular formula is C6H13O5PS. The highest BCUT2D eigenvalue weighted by molar-refractivity contribution is 7.98. The Bertz CT molecular complexity index is 314. The monoisotopic (exact) mass is 228 g/mol. The minimum absolute atomic E-state index is 0.0778. The number of hydrogen-bond donors (Lipinski definition) is 0. The number of hydrogen-bond acceptors (Lipinski definition) is 5. The Labute approximate surface area is 77.9 Å². The van der Waals surface area contributed by atoms with E-state index in [9.17, 15) is 13.0 Å². The maximum absolute atomic E-state index is 11.7. The molecule has 0 aromatic heterocycles. The molecule has 0 bridgehead atoms. The second kappa shape index (κ2) is 3.69. The molecule has 1 heterocycles. The first-order valence-electron chi connectivity index (χ1n) is 3.89. The standard InChI is InChI=1S/C6H13O5PS/c1-10-12(7,11-2)6-4-3-5-13(6,8)9/h6H,3-5H2,1-2H3. The van der Waals surface area contributed by atoms with Crippen molar-refractivity contribution in [3.63, 3.8) is 0 Å². The highest BCUT2D eigenvalue weighted by Crippen LogP contribution is 2.57. The molecule has 5 nitrogen and oxygen atoms in total. The van der Waals surface area contributed by atoms with Crippen molar-refractivity contribution in [1.82, 2.24) is 0 Å². The van der Waals surface area contributed by atoms with Crippen LogP contribution in [0.1, 0.15) is 12.8 Å². The van der Waals surface area contributed by atoms with Crippen molar-refractivity contribution in [1.29, 1.82) is 0 Å². The van der Waals surface area contributed by atoms with Crippen molar-refractivity contribution < 1.29 is 22.0 Å². The average molecular weight is 228 g/mol. The molecule has 1 fully saturated rings. The first-order valence-corrected chi connectivity index (χ1v) is 7.22. The Morgan fingerprint density at radius 2 is 1.85 bits per heavy atom. The zero-order valence-corrected chi connectivity index (χ0v) is 9.31. The summed E-state index contributed by atoms with van der Waals surface area (Å²) in [6.45, 7) is 0. The molecule has 7 heteroatoms. The van der Waals surface area contributed by atoms with Crippen LogP contribution in [-0.4, -0.2) is 33.4 Å². The third-order valence-corrected chi connectivity index (χ3v) is 7.80. The van der Waals surface area contributed by atoms with E-state index in [1.807, 2.05) is 0 Å². The van der Waals surface area contributed by atoms with Crippen LogP contribution >= 0.6 is 7.60 Å². The molecule has 1 unspecified atom stereocenters. The molecule has 0 saturated carbocycles. The Hall–Kier alpha value is 0.100. The predicted molar refractivity (Wildman–Crippen MR) is 48.4 cm³/mol. The molecule has 0 aromatic rings. The summed E-state index contributed by atoms with van der Waals surface area (Å²) >= 11 is 0. The Balaban J connectivity index is 3.01. The van der Waals surface area contributed by atoms with Crippen LogP contribution in [-0.2, 0) is 23.4 Å². The van der Waals surface area contributed by atoms with E-state index in [0.717, 1.165) is 0 Å². The number of sulfone groups is 1. The van der Waals surface area contributed by atoms with Gasteiger partial charge in [-0.25, -0.2) is 8.42 Å². The third kappa shape index (κ3) is 1.96. The van der Waals surface area contributed by atoms with Gasteiger partial charge in [-0.05, 0) is 12.8 Å². The quantitative estimate of drug-likeness (QED) is 0.674. The van der Waals surface area contributed by atoms with E-state index in [0.29, 0.717) is 12.8 Å². The van der Waals surface area contributed by atoms with E-state index in [-0.39, 0.29) is 5.75 Å². The molecule has 0 spiro atoms. The molecule has 1 rings (SSSR count). The molecule has 78 valence electrons. The lowest BCUT2D eigenvalue weighted by Gasteiger charge is -2.18. The van der Waals surface area contributed by atoms with Gasteiger partial charge in [-0.2, -0.15) is 0 Å². The number of rotatable bonds is 3. The largest absolute Gasteiger partial charge is 0.348 e. The molecule has 0 radical (unpaired) electrons. The normalized spacial score (nSPS) is 27.7. The van der Waals surface area contributed by atoms with Gasteiger partial charge in [0.15, 0.2) is 14.8 Å². The molecule has 1 aliphatic rings. The van der Waals surface area contributed by atoms with Gasteiger partial charge in [-0.1, -0.05) is 0 Å². The van der Waals surface area contributed by atoms with Gasteiger partial charge in [-0.3, -0.25) is 4.57 Å². The lowest BCUT2D eigenvalue weighted by Crippen LogP contribution is -2.17. The van der Waals surface area contributed by atoms with Gasteiger partial charge in [0.05, 0.1) is 5.75 Å². The average Bonchev–Trinajstić information content (AvgIpc) is 2.44. The Morgan fingerprint density at radius 3 is 2.15 bits per heavy atom. The Morgan fingerprint density at radius 1 is 1.31 bits per heavy atom. The topological polar surface area (TPSA) is 69.7 Å². The molecular weight excluding hydrogens is 215 g/mol. The lowest BCUT2D eigenvalue weighted by atomic mass is 10.4. The molecule has 1 atom stereocenters. The lowest BCUT2D eigenvalue weighted by molar-refractivity contribution is 0.272. The van der Waals surface area contributed by atoms with Gasteiger partial charge in [0, 0.05) is 14.2 Å². The smallest absolute Gasteiger partial charge is 0.311 e. The van der Waals surface area contributed by atoms with Crippen LogP contribution in [0.2, 0.25) is 0 Å². The summed E-state index contributed by atoms with van der Waals surface area (Å²) in [7, 11) is -4.31. The molecule has 0 N–H and O–H groups in total. The SMILES string of the molecule is COP(=O)(OC)C1CCCS1(=O)=O. The zero-order chi connectivity index (χ0) is 10.1. The van der Waals surface area contributed by atoms with Gasteiger partial charge in [-0.15, -0.1) is 0 Å². The maximum atomic E-state index is 11.7. The van der Waals surface area contributed by atoms with Crippen LogP contribution in [0.3, 0.4) is 0 Å². The van der Waals surface area contributed by atoms with Crippen molar-refractivity contribution >= 4 is 17.4 Å². The fraction of sp³-hybridized carbons (Fsp3) is 1.00. The van der Waals surface area contributed by atoms with Crippen LogP contribution in [0.25, 0.3) is 0 Å². The minimum Gasteiger partial charge on any atom is -0.311 e. The summed E-state index contributed by atoms with van der Waals surface area (Å²) in [6, 6.07) is 0. The third-order valence-electron chi connectivity index (χ3n) is 2.16. The van der Waals surface area contributed by atoms with Gasteiger partial charge >= 0.3 is 7.60 Å². The summed E-state index contributed by atoms with van der Waals surface area (Å²) in [5.41, 5.74) is 0. The van der Waals surface area contributed by atoms with E-state index in [1.165, 1.54) is 14.2 Å². The van der Waals surface area contributed by atoms with Gasteiger partial charge in [0.1, 0.15) is 0 Å². The van der Waals surface area contributed by atoms with Gasteiger partial charge in [0.2, 0.25) is 0 Å². The van der Waals surface area contributed by atoms with Crippen molar-refractivity contribution in [2.75, 3.05) is 20.0 Å². The fourth-order valence-corrected chi connectivity index (χ4v) is 6.33. The first kappa shape index (κ1) is 11.2. The molecule has 0 aliphatic carbocycles. The Kier molecular flexibility index (Phi) is 3.17. The van der Waals surface area contributed by atoms with Crippen LogP contribution in [0.15, 0.2) is 0 Å². The highest BCUT2D eigenvalue weighted by Gasteiger charge is 2.46. The van der Waals surface area contributed by atoms with Crippen molar-refractivity contribution in [3.8, 4) is 0 Å². The molecule has 1 saturated heterocycles. The van der Waals surface area contributed by atoms with Crippen molar-refractivity contribution in [3.05, 3.63) is 0 Å². The van der Waals surface area contributed by atoms with Gasteiger partial charge in [0.25, 0.3) is 0 Å². The van der Waals surface area contributed by atoms with E-state index < -0.39 is 22.4 Å². The summed E-state index contributed by atoms with van der Waals surface area (Å²) < 4.78 is 43.9. The zero-order valence-electron chi connectivity index (χ0n) is 7.60. The van der Waals surface area contributed by atoms with E-state index >= 15 is 0 Å². The summed E-state index contributed by atoms with van der Waals surface area (Å²) in [6.07, 6.45) is 0.894. The maximum Gasteiger partial charge on any atom is 0.348 e. The first-order chi connectivity index (χ1) is 5.96. The molecule has 1 aliphatic heterocycles. The van der Waals surface area contributed by atoms with Gasteiger partial charge < -0.3 is 9.05 Å². The molecule has 0 amide bonds. The van der Waals surface area contributed by atoms with Crippen molar-refractivity contribution in [2.24, 2.45) is 0 Å². The van der Waals surface area contributed by atoms with Crippen LogP contribution < -0.4 is 0 Å². The van der Waals surface area contributed by atoms with E-state index in [4.69, 9.17) is 0 Å². The van der Waals surface area contributed by atoms with Crippen LogP contribution in [0.5, 0.6) is 0 Å². The van der Waals surface area contributed by atoms with Crippen molar-refractivity contribution in [2.45, 2.75) is 17.8 Å². The summed E-state index contributed by atoms with van der Waals surface area (Å²) in [5, 5.41) is 0. The highest BCUT2D eigenvalue weighted by atomic mass is 32.2. The second-order valence-electron chi connectivity index (χ2n) is 2.87. The van der Waals surface area contributed by atoms with E-state index in [2.05, 4.69) is 9.05 Å².